The van der Waals surface area contributed by atoms with Gasteiger partial charge >= 0.3 is 0 Å². The fourth-order valence-corrected chi connectivity index (χ4v) is 4.07. The summed E-state index contributed by atoms with van der Waals surface area (Å²) < 4.78 is 9.15. The van der Waals surface area contributed by atoms with Crippen LogP contribution >= 0.6 is 0 Å². The number of benzene rings is 2. The Balaban J connectivity index is 1.53. The Morgan fingerprint density at radius 1 is 1.09 bits per heavy atom. The lowest BCUT2D eigenvalue weighted by Crippen LogP contribution is -2.29. The second-order valence-electron chi connectivity index (χ2n) is 8.67. The third-order valence-corrected chi connectivity index (χ3v) is 6.14. The zero-order chi connectivity index (χ0) is 24.9. The number of aryl methyl sites for hydroxylation is 3. The summed E-state index contributed by atoms with van der Waals surface area (Å²) in [6, 6.07) is 15.7. The van der Waals surface area contributed by atoms with Gasteiger partial charge in [0.2, 0.25) is 5.91 Å². The van der Waals surface area contributed by atoms with Gasteiger partial charge < -0.3 is 14.6 Å². The fraction of sp³-hybridized carbons (Fsp3) is 0.250. The van der Waals surface area contributed by atoms with E-state index in [1.165, 1.54) is 11.1 Å². The van der Waals surface area contributed by atoms with Crippen LogP contribution in [-0.4, -0.2) is 32.3 Å². The van der Waals surface area contributed by atoms with Gasteiger partial charge in [0.25, 0.3) is 0 Å². The first-order valence-electron chi connectivity index (χ1n) is 11.5. The van der Waals surface area contributed by atoms with Crippen LogP contribution in [0.4, 0.5) is 0 Å². The van der Waals surface area contributed by atoms with Crippen molar-refractivity contribution in [1.29, 1.82) is 0 Å². The van der Waals surface area contributed by atoms with Gasteiger partial charge in [0.1, 0.15) is 17.6 Å². The highest BCUT2D eigenvalue weighted by molar-refractivity contribution is 5.92. The number of nitrogens with zero attached hydrogens (tertiary/aromatic N) is 4. The number of aromatic nitrogens is 4. The molecule has 180 valence electrons. The van der Waals surface area contributed by atoms with E-state index in [2.05, 4.69) is 41.5 Å². The van der Waals surface area contributed by atoms with Crippen LogP contribution in [0.2, 0.25) is 0 Å². The third-order valence-electron chi connectivity index (χ3n) is 6.14. The van der Waals surface area contributed by atoms with Gasteiger partial charge in [0.05, 0.1) is 19.3 Å². The third kappa shape index (κ3) is 5.51. The minimum absolute atomic E-state index is 0.209. The second kappa shape index (κ2) is 10.4. The van der Waals surface area contributed by atoms with Gasteiger partial charge in [-0.1, -0.05) is 42.0 Å². The maximum absolute atomic E-state index is 13.0. The van der Waals surface area contributed by atoms with Crippen LogP contribution in [0.1, 0.15) is 45.5 Å². The van der Waals surface area contributed by atoms with Crippen molar-refractivity contribution in [3.05, 3.63) is 106 Å². The molecule has 0 saturated carbocycles. The largest absolute Gasteiger partial charge is 0.497 e. The molecule has 1 N–H and O–H groups in total. The lowest BCUT2D eigenvalue weighted by Gasteiger charge is -2.18. The van der Waals surface area contributed by atoms with E-state index in [1.807, 2.05) is 66.7 Å². The Hall–Kier alpha value is -4.13. The molecule has 0 aliphatic rings. The highest BCUT2D eigenvalue weighted by atomic mass is 16.5. The molecule has 1 unspecified atom stereocenters. The van der Waals surface area contributed by atoms with Crippen LogP contribution in [-0.2, 0) is 18.4 Å². The topological polar surface area (TPSA) is 74.0 Å². The van der Waals surface area contributed by atoms with Gasteiger partial charge in [-0.25, -0.2) is 4.98 Å². The van der Waals surface area contributed by atoms with Crippen molar-refractivity contribution in [1.82, 2.24) is 24.6 Å². The SMILES string of the molecule is COc1ccc(C(NC(=O)/C=C/c2c(C)nn(Cc3ccc(C)cc3)c2C)c2nccn2C)cc1. The van der Waals surface area contributed by atoms with E-state index in [0.717, 1.165) is 34.1 Å². The van der Waals surface area contributed by atoms with Crippen molar-refractivity contribution in [2.45, 2.75) is 33.4 Å². The lowest BCUT2D eigenvalue weighted by atomic mass is 10.1. The van der Waals surface area contributed by atoms with Crippen LogP contribution in [0.15, 0.2) is 67.0 Å². The molecule has 4 aromatic rings. The molecule has 2 heterocycles. The minimum atomic E-state index is -0.399. The number of hydrogen-bond acceptors (Lipinski definition) is 4. The summed E-state index contributed by atoms with van der Waals surface area (Å²) in [5.74, 6) is 1.29. The quantitative estimate of drug-likeness (QED) is 0.385. The van der Waals surface area contributed by atoms with Crippen molar-refractivity contribution in [3.63, 3.8) is 0 Å². The molecule has 7 nitrogen and oxygen atoms in total. The minimum Gasteiger partial charge on any atom is -0.497 e. The van der Waals surface area contributed by atoms with E-state index in [9.17, 15) is 4.79 Å². The first kappa shape index (κ1) is 24.0. The highest BCUT2D eigenvalue weighted by Gasteiger charge is 2.20. The number of amides is 1. The molecule has 35 heavy (non-hydrogen) atoms. The first-order chi connectivity index (χ1) is 16.9. The molecule has 0 aliphatic heterocycles. The van der Waals surface area contributed by atoms with E-state index in [4.69, 9.17) is 9.84 Å². The number of carbonyl (C=O) groups excluding carboxylic acids is 1. The maximum atomic E-state index is 13.0. The van der Waals surface area contributed by atoms with Crippen LogP contribution in [0, 0.1) is 20.8 Å². The molecule has 0 aliphatic carbocycles. The summed E-state index contributed by atoms with van der Waals surface area (Å²) in [6.07, 6.45) is 6.99. The summed E-state index contributed by atoms with van der Waals surface area (Å²) in [6.45, 7) is 6.75. The second-order valence-corrected chi connectivity index (χ2v) is 8.67. The summed E-state index contributed by atoms with van der Waals surface area (Å²) in [5, 5.41) is 7.79. The van der Waals surface area contributed by atoms with Crippen LogP contribution in [0.25, 0.3) is 6.08 Å². The molecular weight excluding hydrogens is 438 g/mol. The molecule has 0 radical (unpaired) electrons. The molecule has 2 aromatic heterocycles. The Bertz CT molecular complexity index is 1330. The lowest BCUT2D eigenvalue weighted by molar-refractivity contribution is -0.117. The van der Waals surface area contributed by atoms with Gasteiger partial charge in [-0.15, -0.1) is 0 Å². The molecule has 0 fully saturated rings. The van der Waals surface area contributed by atoms with Gasteiger partial charge in [-0.3, -0.25) is 9.48 Å². The number of rotatable bonds is 8. The highest BCUT2D eigenvalue weighted by Crippen LogP contribution is 2.23. The number of imidazole rings is 1. The smallest absolute Gasteiger partial charge is 0.244 e. The van der Waals surface area contributed by atoms with Crippen molar-refractivity contribution < 1.29 is 9.53 Å². The number of nitrogens with one attached hydrogen (secondary N) is 1. The van der Waals surface area contributed by atoms with E-state index in [-0.39, 0.29) is 5.91 Å². The normalized spacial score (nSPS) is 12.1. The average Bonchev–Trinajstić information content (AvgIpc) is 3.39. The van der Waals surface area contributed by atoms with Crippen molar-refractivity contribution in [2.24, 2.45) is 7.05 Å². The van der Waals surface area contributed by atoms with E-state index in [0.29, 0.717) is 6.54 Å². The summed E-state index contributed by atoms with van der Waals surface area (Å²) >= 11 is 0. The molecule has 1 amide bonds. The fourth-order valence-electron chi connectivity index (χ4n) is 4.07. The molecule has 0 spiro atoms. The average molecular weight is 470 g/mol. The standard InChI is InChI=1S/C28H31N5O2/c1-19-6-8-22(9-7-19)18-33-21(3)25(20(2)31-33)14-15-26(34)30-27(28-29-16-17-32(28)4)23-10-12-24(35-5)13-11-23/h6-17,27H,18H2,1-5H3,(H,30,34)/b15-14+. The van der Waals surface area contributed by atoms with Gasteiger partial charge in [-0.2, -0.15) is 5.10 Å². The predicted molar refractivity (Wildman–Crippen MR) is 137 cm³/mol. The zero-order valence-electron chi connectivity index (χ0n) is 20.8. The van der Waals surface area contributed by atoms with E-state index in [1.54, 1.807) is 19.4 Å². The van der Waals surface area contributed by atoms with Crippen molar-refractivity contribution in [3.8, 4) is 5.75 Å². The molecule has 1 atom stereocenters. The summed E-state index contributed by atoms with van der Waals surface area (Å²) in [4.78, 5) is 17.5. The summed E-state index contributed by atoms with van der Waals surface area (Å²) in [5.41, 5.74) is 6.19. The Morgan fingerprint density at radius 2 is 1.80 bits per heavy atom. The molecule has 0 saturated heterocycles. The van der Waals surface area contributed by atoms with Gasteiger partial charge in [0.15, 0.2) is 0 Å². The summed E-state index contributed by atoms with van der Waals surface area (Å²) in [7, 11) is 3.54. The molecular formula is C28H31N5O2. The van der Waals surface area contributed by atoms with Crippen molar-refractivity contribution in [2.75, 3.05) is 7.11 Å². The maximum Gasteiger partial charge on any atom is 0.244 e. The predicted octanol–water partition coefficient (Wildman–Crippen LogP) is 4.52. The monoisotopic (exact) mass is 469 g/mol. The Morgan fingerprint density at radius 3 is 2.43 bits per heavy atom. The van der Waals surface area contributed by atoms with Gasteiger partial charge in [0, 0.05) is 36.8 Å². The number of methoxy groups -OCH3 is 1. The van der Waals surface area contributed by atoms with Gasteiger partial charge in [-0.05, 0) is 50.1 Å². The molecule has 4 rings (SSSR count). The van der Waals surface area contributed by atoms with Crippen LogP contribution in [0.3, 0.4) is 0 Å². The molecule has 7 heteroatoms. The van der Waals surface area contributed by atoms with Crippen LogP contribution < -0.4 is 10.1 Å². The zero-order valence-corrected chi connectivity index (χ0v) is 20.8. The number of hydrogen-bond donors (Lipinski definition) is 1. The number of ether oxygens (including phenoxy) is 1. The number of carbonyl (C=O) groups is 1. The van der Waals surface area contributed by atoms with E-state index >= 15 is 0 Å². The Labute approximate surface area is 206 Å². The Kier molecular flexibility index (Phi) is 7.15. The van der Waals surface area contributed by atoms with Crippen molar-refractivity contribution >= 4 is 12.0 Å². The van der Waals surface area contributed by atoms with E-state index < -0.39 is 6.04 Å². The molecule has 2 aromatic carbocycles. The van der Waals surface area contributed by atoms with Crippen LogP contribution in [0.5, 0.6) is 5.75 Å². The molecule has 0 bridgehead atoms. The first-order valence-corrected chi connectivity index (χ1v) is 11.5.